The van der Waals surface area contributed by atoms with Crippen LogP contribution in [-0.4, -0.2) is 56.1 Å². The third-order valence-electron chi connectivity index (χ3n) is 5.87. The summed E-state index contributed by atoms with van der Waals surface area (Å²) in [5.41, 5.74) is 2.91. The Hall–Kier alpha value is -2.99. The van der Waals surface area contributed by atoms with E-state index < -0.39 is 16.1 Å². The molecule has 0 aromatic heterocycles. The van der Waals surface area contributed by atoms with E-state index in [2.05, 4.69) is 10.0 Å². The lowest BCUT2D eigenvalue weighted by atomic mass is 10.1. The largest absolute Gasteiger partial charge is 0.508 e. The van der Waals surface area contributed by atoms with E-state index in [0.29, 0.717) is 37.4 Å². The summed E-state index contributed by atoms with van der Waals surface area (Å²) in [6, 6.07) is 19.0. The van der Waals surface area contributed by atoms with Crippen molar-refractivity contribution in [2.75, 3.05) is 26.3 Å². The van der Waals surface area contributed by atoms with Gasteiger partial charge in [-0.3, -0.25) is 0 Å². The van der Waals surface area contributed by atoms with Gasteiger partial charge in [-0.25, -0.2) is 13.1 Å². The summed E-state index contributed by atoms with van der Waals surface area (Å²) in [6.07, 6.45) is 0.0301. The van der Waals surface area contributed by atoms with Crippen molar-refractivity contribution in [3.63, 3.8) is 0 Å². The van der Waals surface area contributed by atoms with Gasteiger partial charge >= 0.3 is 0 Å². The molecule has 39 heavy (non-hydrogen) atoms. The van der Waals surface area contributed by atoms with Gasteiger partial charge in [0.25, 0.3) is 0 Å². The topological polar surface area (TPSA) is 137 Å². The number of aliphatic hydroxyl groups is 2. The second-order valence-corrected chi connectivity index (χ2v) is 11.2. The molecule has 3 aromatic carbocycles. The highest BCUT2D eigenvalue weighted by Crippen LogP contribution is 2.22. The van der Waals surface area contributed by atoms with Crippen LogP contribution in [0.25, 0.3) is 0 Å². The number of aliphatic hydroxyl groups excluding tert-OH is 2. The molecule has 0 amide bonds. The van der Waals surface area contributed by atoms with E-state index in [1.165, 1.54) is 6.07 Å². The van der Waals surface area contributed by atoms with Gasteiger partial charge < -0.3 is 30.1 Å². The molecule has 0 aliphatic carbocycles. The summed E-state index contributed by atoms with van der Waals surface area (Å²) in [6.45, 7) is 5.30. The zero-order chi connectivity index (χ0) is 28.3. The molecule has 0 bridgehead atoms. The first-order valence-corrected chi connectivity index (χ1v) is 14.4. The van der Waals surface area contributed by atoms with Gasteiger partial charge in [-0.2, -0.15) is 0 Å². The maximum absolute atomic E-state index is 12.3. The van der Waals surface area contributed by atoms with Crippen LogP contribution in [-0.2, 0) is 34.4 Å². The Morgan fingerprint density at radius 2 is 1.72 bits per heavy atom. The highest BCUT2D eigenvalue weighted by atomic mass is 32.2. The monoisotopic (exact) mass is 558 g/mol. The summed E-state index contributed by atoms with van der Waals surface area (Å²) in [4.78, 5) is 0.217. The lowest BCUT2D eigenvalue weighted by Crippen LogP contribution is -2.30. The quantitative estimate of drug-likeness (QED) is 0.169. The van der Waals surface area contributed by atoms with Gasteiger partial charge in [0.05, 0.1) is 30.8 Å². The molecule has 0 saturated carbocycles. The number of benzene rings is 3. The van der Waals surface area contributed by atoms with Crippen molar-refractivity contribution < 1.29 is 33.2 Å². The number of nitrogens with one attached hydrogen (secondary N) is 2. The Bertz CT molecular complexity index is 1280. The molecule has 0 spiro atoms. The van der Waals surface area contributed by atoms with E-state index in [1.54, 1.807) is 44.2 Å². The summed E-state index contributed by atoms with van der Waals surface area (Å²) in [7, 11) is -3.54. The number of phenols is 1. The number of hydrogen-bond donors (Lipinski definition) is 5. The molecule has 0 aliphatic heterocycles. The summed E-state index contributed by atoms with van der Waals surface area (Å²) >= 11 is 0. The average Bonchev–Trinajstić information content (AvgIpc) is 2.91. The first-order chi connectivity index (χ1) is 18.7. The van der Waals surface area contributed by atoms with E-state index in [-0.39, 0.29) is 29.9 Å². The van der Waals surface area contributed by atoms with Crippen LogP contribution in [0.15, 0.2) is 71.6 Å². The second kappa shape index (κ2) is 15.0. The molecule has 0 aliphatic rings. The van der Waals surface area contributed by atoms with Crippen molar-refractivity contribution in [3.05, 3.63) is 89.0 Å². The first kappa shape index (κ1) is 30.6. The molecule has 3 aromatic rings. The number of rotatable bonds is 16. The molecule has 0 saturated heterocycles. The fraction of sp³-hybridized carbons (Fsp3) is 0.379. The lowest BCUT2D eigenvalue weighted by Gasteiger charge is -2.14. The SMILES string of the molecule is CC(C)NS(=O)(=O)c1cccc(COCCOc2ccc(CCNC[C@H](O)c3ccc(O)c(CO)c3)cc2)c1. The van der Waals surface area contributed by atoms with Crippen molar-refractivity contribution in [2.45, 2.75) is 50.5 Å². The minimum Gasteiger partial charge on any atom is -0.508 e. The van der Waals surface area contributed by atoms with Crippen LogP contribution in [0.1, 0.15) is 42.2 Å². The molecule has 0 radical (unpaired) electrons. The van der Waals surface area contributed by atoms with Crippen molar-refractivity contribution >= 4 is 10.0 Å². The molecule has 9 nitrogen and oxygen atoms in total. The maximum atomic E-state index is 12.3. The van der Waals surface area contributed by atoms with Crippen LogP contribution in [0.2, 0.25) is 0 Å². The molecular weight excluding hydrogens is 520 g/mol. The second-order valence-electron chi connectivity index (χ2n) is 9.48. The summed E-state index contributed by atoms with van der Waals surface area (Å²) in [5.74, 6) is 0.739. The Balaban J connectivity index is 1.33. The number of sulfonamides is 1. The van der Waals surface area contributed by atoms with E-state index in [4.69, 9.17) is 9.47 Å². The zero-order valence-corrected chi connectivity index (χ0v) is 23.2. The van der Waals surface area contributed by atoms with Gasteiger partial charge in [-0.1, -0.05) is 30.3 Å². The third-order valence-corrected chi connectivity index (χ3v) is 7.53. The van der Waals surface area contributed by atoms with Crippen LogP contribution in [0.4, 0.5) is 0 Å². The molecule has 0 unspecified atom stereocenters. The van der Waals surface area contributed by atoms with Gasteiger partial charge in [-0.15, -0.1) is 0 Å². The van der Waals surface area contributed by atoms with Gasteiger partial charge in [0.15, 0.2) is 0 Å². The van der Waals surface area contributed by atoms with Gasteiger partial charge in [0.2, 0.25) is 10.0 Å². The average molecular weight is 559 g/mol. The molecule has 1 atom stereocenters. The van der Waals surface area contributed by atoms with Crippen LogP contribution in [0.3, 0.4) is 0 Å². The van der Waals surface area contributed by atoms with Crippen molar-refractivity contribution in [2.24, 2.45) is 0 Å². The molecule has 5 N–H and O–H groups in total. The Morgan fingerprint density at radius 1 is 0.949 bits per heavy atom. The highest BCUT2D eigenvalue weighted by Gasteiger charge is 2.15. The van der Waals surface area contributed by atoms with Gasteiger partial charge in [0.1, 0.15) is 18.1 Å². The third kappa shape index (κ3) is 9.92. The van der Waals surface area contributed by atoms with E-state index in [9.17, 15) is 23.7 Å². The molecule has 0 heterocycles. The van der Waals surface area contributed by atoms with Crippen LogP contribution in [0, 0.1) is 0 Å². The maximum Gasteiger partial charge on any atom is 0.240 e. The smallest absolute Gasteiger partial charge is 0.240 e. The fourth-order valence-corrected chi connectivity index (χ4v) is 5.19. The standard InChI is InChI=1S/C29H38N2O7S/c1-21(2)31-39(35,36)27-5-3-4-23(16-27)20-37-14-15-38-26-9-6-22(7-10-26)12-13-30-18-29(34)24-8-11-28(33)25(17-24)19-32/h3-11,16-17,21,29-34H,12-15,18-20H2,1-2H3/t29-/m0/s1. The lowest BCUT2D eigenvalue weighted by molar-refractivity contribution is 0.0888. The van der Waals surface area contributed by atoms with Gasteiger partial charge in [0, 0.05) is 18.2 Å². The van der Waals surface area contributed by atoms with E-state index in [0.717, 1.165) is 23.3 Å². The molecule has 3 rings (SSSR count). The Kier molecular flexibility index (Phi) is 11.7. The van der Waals surface area contributed by atoms with E-state index >= 15 is 0 Å². The molecule has 10 heteroatoms. The minimum absolute atomic E-state index is 0.0111. The minimum atomic E-state index is -3.54. The predicted octanol–water partition coefficient (Wildman–Crippen LogP) is 3.03. The van der Waals surface area contributed by atoms with Gasteiger partial charge in [-0.05, 0) is 79.9 Å². The molecule has 212 valence electrons. The Labute approximate surface area is 230 Å². The Morgan fingerprint density at radius 3 is 2.44 bits per heavy atom. The number of hydrogen-bond acceptors (Lipinski definition) is 8. The normalized spacial score (nSPS) is 12.5. The van der Waals surface area contributed by atoms with Crippen molar-refractivity contribution in [1.82, 2.24) is 10.0 Å². The molecular formula is C29H38N2O7S. The number of ether oxygens (including phenoxy) is 2. The first-order valence-electron chi connectivity index (χ1n) is 12.9. The predicted molar refractivity (Wildman–Crippen MR) is 149 cm³/mol. The molecule has 0 fully saturated rings. The van der Waals surface area contributed by atoms with E-state index in [1.807, 2.05) is 30.3 Å². The number of aromatic hydroxyl groups is 1. The zero-order valence-electron chi connectivity index (χ0n) is 22.3. The van der Waals surface area contributed by atoms with Crippen LogP contribution < -0.4 is 14.8 Å². The summed E-state index contributed by atoms with van der Waals surface area (Å²) in [5, 5.41) is 32.5. The van der Waals surface area contributed by atoms with Crippen molar-refractivity contribution in [1.29, 1.82) is 0 Å². The van der Waals surface area contributed by atoms with Crippen LogP contribution >= 0.6 is 0 Å². The summed E-state index contributed by atoms with van der Waals surface area (Å²) < 4.78 is 38.6. The highest BCUT2D eigenvalue weighted by molar-refractivity contribution is 7.89. The fourth-order valence-electron chi connectivity index (χ4n) is 3.87. The van der Waals surface area contributed by atoms with Crippen molar-refractivity contribution in [3.8, 4) is 11.5 Å². The van der Waals surface area contributed by atoms with Crippen LogP contribution in [0.5, 0.6) is 11.5 Å².